The van der Waals surface area contributed by atoms with E-state index in [2.05, 4.69) is 0 Å². The van der Waals surface area contributed by atoms with Crippen LogP contribution in [0.3, 0.4) is 0 Å². The average Bonchev–Trinajstić information content (AvgIpc) is 2.80. The molecular formula is C14H17NO5. The van der Waals surface area contributed by atoms with E-state index in [1.165, 1.54) is 4.90 Å². The van der Waals surface area contributed by atoms with Gasteiger partial charge in [0.15, 0.2) is 0 Å². The summed E-state index contributed by atoms with van der Waals surface area (Å²) >= 11 is 0. The van der Waals surface area contributed by atoms with E-state index in [4.69, 9.17) is 14.6 Å². The van der Waals surface area contributed by atoms with Crippen LogP contribution in [0, 0.1) is 5.92 Å². The van der Waals surface area contributed by atoms with Crippen molar-refractivity contribution in [1.29, 1.82) is 0 Å². The first-order chi connectivity index (χ1) is 9.55. The second-order valence-electron chi connectivity index (χ2n) is 4.69. The molecular weight excluding hydrogens is 262 g/mol. The number of carboxylic acid groups (broad SMARTS) is 1. The van der Waals surface area contributed by atoms with Crippen LogP contribution in [0.1, 0.15) is 12.0 Å². The van der Waals surface area contributed by atoms with Crippen LogP contribution in [0.15, 0.2) is 18.2 Å². The summed E-state index contributed by atoms with van der Waals surface area (Å²) in [7, 11) is 3.12. The van der Waals surface area contributed by atoms with Crippen molar-refractivity contribution >= 4 is 11.9 Å². The Balaban J connectivity index is 2.17. The average molecular weight is 279 g/mol. The number of ether oxygens (including phenoxy) is 2. The van der Waals surface area contributed by atoms with Crippen LogP contribution in [-0.4, -0.2) is 42.6 Å². The molecule has 6 heteroatoms. The molecule has 108 valence electrons. The third-order valence-electron chi connectivity index (χ3n) is 3.41. The number of carbonyl (C=O) groups excluding carboxylic acids is 1. The van der Waals surface area contributed by atoms with Gasteiger partial charge in [-0.25, -0.2) is 0 Å². The molecule has 0 saturated carbocycles. The van der Waals surface area contributed by atoms with Crippen LogP contribution in [0.25, 0.3) is 0 Å². The third-order valence-corrected chi connectivity index (χ3v) is 3.41. The van der Waals surface area contributed by atoms with Crippen molar-refractivity contribution in [2.45, 2.75) is 13.0 Å². The van der Waals surface area contributed by atoms with E-state index >= 15 is 0 Å². The van der Waals surface area contributed by atoms with Crippen LogP contribution in [-0.2, 0) is 16.1 Å². The maximum absolute atomic E-state index is 11.8. The summed E-state index contributed by atoms with van der Waals surface area (Å²) in [6, 6.07) is 5.33. The molecule has 0 radical (unpaired) electrons. The number of amides is 1. The number of carboxylic acids is 1. The lowest BCUT2D eigenvalue weighted by Gasteiger charge is -2.18. The molecule has 1 atom stereocenters. The van der Waals surface area contributed by atoms with E-state index in [9.17, 15) is 9.59 Å². The van der Waals surface area contributed by atoms with Crippen molar-refractivity contribution in [2.75, 3.05) is 20.8 Å². The van der Waals surface area contributed by atoms with Crippen LogP contribution in [0.4, 0.5) is 0 Å². The molecule has 0 bridgehead atoms. The number of likely N-dealkylation sites (tertiary alicyclic amines) is 1. The summed E-state index contributed by atoms with van der Waals surface area (Å²) in [5.41, 5.74) is 0.797. The zero-order valence-corrected chi connectivity index (χ0v) is 11.5. The van der Waals surface area contributed by atoms with Crippen LogP contribution in [0.2, 0.25) is 0 Å². The van der Waals surface area contributed by atoms with Gasteiger partial charge in [0.25, 0.3) is 0 Å². The Kier molecular flexibility index (Phi) is 4.12. The number of aliphatic carboxylic acids is 1. The SMILES string of the molecule is COc1ccc(OC)c(CN2C[C@@H](C(=O)O)CC2=O)c1. The topological polar surface area (TPSA) is 76.1 Å². The van der Waals surface area contributed by atoms with Crippen molar-refractivity contribution in [3.63, 3.8) is 0 Å². The maximum atomic E-state index is 11.8. The molecule has 1 amide bonds. The standard InChI is InChI=1S/C14H17NO5/c1-19-11-3-4-12(20-2)9(5-11)7-15-8-10(14(17)18)6-13(15)16/h3-5,10H,6-8H2,1-2H3,(H,17,18)/t10-/m0/s1. The molecule has 1 N–H and O–H groups in total. The molecule has 0 aromatic heterocycles. The number of methoxy groups -OCH3 is 2. The third kappa shape index (κ3) is 2.84. The Morgan fingerprint density at radius 1 is 1.40 bits per heavy atom. The minimum Gasteiger partial charge on any atom is -0.497 e. The number of hydrogen-bond acceptors (Lipinski definition) is 4. The molecule has 1 aliphatic heterocycles. The van der Waals surface area contributed by atoms with Crippen LogP contribution in [0.5, 0.6) is 11.5 Å². The highest BCUT2D eigenvalue weighted by Gasteiger charge is 2.34. The molecule has 1 saturated heterocycles. The molecule has 6 nitrogen and oxygen atoms in total. The molecule has 0 spiro atoms. The first kappa shape index (κ1) is 14.2. The monoisotopic (exact) mass is 279 g/mol. The molecule has 0 unspecified atom stereocenters. The second kappa shape index (κ2) is 5.81. The summed E-state index contributed by atoms with van der Waals surface area (Å²) in [6.07, 6.45) is 0.0572. The molecule has 20 heavy (non-hydrogen) atoms. The van der Waals surface area contributed by atoms with E-state index in [-0.39, 0.29) is 18.9 Å². The molecule has 1 aromatic rings. The highest BCUT2D eigenvalue weighted by atomic mass is 16.5. The predicted octanol–water partition coefficient (Wildman–Crippen LogP) is 1.14. The maximum Gasteiger partial charge on any atom is 0.308 e. The summed E-state index contributed by atoms with van der Waals surface area (Å²) < 4.78 is 10.4. The molecule has 2 rings (SSSR count). The molecule has 0 aliphatic carbocycles. The Bertz CT molecular complexity index is 528. The largest absolute Gasteiger partial charge is 0.497 e. The van der Waals surface area contributed by atoms with Crippen molar-refractivity contribution < 1.29 is 24.2 Å². The highest BCUT2D eigenvalue weighted by molar-refractivity contribution is 5.86. The Hall–Kier alpha value is -2.24. The van der Waals surface area contributed by atoms with E-state index in [0.717, 1.165) is 5.56 Å². The zero-order valence-electron chi connectivity index (χ0n) is 11.5. The summed E-state index contributed by atoms with van der Waals surface area (Å²) in [4.78, 5) is 24.3. The number of benzene rings is 1. The number of rotatable bonds is 5. The summed E-state index contributed by atoms with van der Waals surface area (Å²) in [5.74, 6) is -0.389. The van der Waals surface area contributed by atoms with Crippen molar-refractivity contribution in [1.82, 2.24) is 4.90 Å². The van der Waals surface area contributed by atoms with E-state index in [1.54, 1.807) is 32.4 Å². The van der Waals surface area contributed by atoms with Crippen molar-refractivity contribution in [2.24, 2.45) is 5.92 Å². The zero-order chi connectivity index (χ0) is 14.7. The van der Waals surface area contributed by atoms with Gasteiger partial charge >= 0.3 is 5.97 Å². The van der Waals surface area contributed by atoms with Gasteiger partial charge in [-0.3, -0.25) is 9.59 Å². The van der Waals surface area contributed by atoms with Gasteiger partial charge in [0.1, 0.15) is 11.5 Å². The minimum atomic E-state index is -0.932. The molecule has 1 heterocycles. The lowest BCUT2D eigenvalue weighted by molar-refractivity contribution is -0.141. The van der Waals surface area contributed by atoms with Gasteiger partial charge in [0, 0.05) is 25.1 Å². The first-order valence-corrected chi connectivity index (χ1v) is 6.26. The summed E-state index contributed by atoms with van der Waals surface area (Å²) in [6.45, 7) is 0.553. The number of carbonyl (C=O) groups is 2. The van der Waals surface area contributed by atoms with Crippen LogP contribution < -0.4 is 9.47 Å². The van der Waals surface area contributed by atoms with E-state index in [1.807, 2.05) is 0 Å². The van der Waals surface area contributed by atoms with Crippen molar-refractivity contribution in [3.05, 3.63) is 23.8 Å². The predicted molar refractivity (Wildman–Crippen MR) is 70.7 cm³/mol. The van der Waals surface area contributed by atoms with Gasteiger partial charge in [-0.05, 0) is 18.2 Å². The fraction of sp³-hybridized carbons (Fsp3) is 0.429. The van der Waals surface area contributed by atoms with Gasteiger partial charge in [-0.1, -0.05) is 0 Å². The lowest BCUT2D eigenvalue weighted by atomic mass is 10.1. The highest BCUT2D eigenvalue weighted by Crippen LogP contribution is 2.28. The molecule has 1 aromatic carbocycles. The Morgan fingerprint density at radius 2 is 2.15 bits per heavy atom. The van der Waals surface area contributed by atoms with Crippen molar-refractivity contribution in [3.8, 4) is 11.5 Å². The lowest BCUT2D eigenvalue weighted by Crippen LogP contribution is -2.26. The van der Waals surface area contributed by atoms with E-state index in [0.29, 0.717) is 18.0 Å². The van der Waals surface area contributed by atoms with Gasteiger partial charge in [0.2, 0.25) is 5.91 Å². The minimum absolute atomic E-state index is 0.0572. The van der Waals surface area contributed by atoms with Crippen LogP contribution >= 0.6 is 0 Å². The summed E-state index contributed by atoms with van der Waals surface area (Å²) in [5, 5.41) is 8.97. The first-order valence-electron chi connectivity index (χ1n) is 6.26. The van der Waals surface area contributed by atoms with Gasteiger partial charge in [-0.2, -0.15) is 0 Å². The smallest absolute Gasteiger partial charge is 0.308 e. The number of hydrogen-bond donors (Lipinski definition) is 1. The molecule has 1 fully saturated rings. The fourth-order valence-electron chi connectivity index (χ4n) is 2.30. The number of nitrogens with zero attached hydrogens (tertiary/aromatic N) is 1. The van der Waals surface area contributed by atoms with Gasteiger partial charge in [0.05, 0.1) is 20.1 Å². The normalized spacial score (nSPS) is 18.2. The second-order valence-corrected chi connectivity index (χ2v) is 4.69. The van der Waals surface area contributed by atoms with E-state index < -0.39 is 11.9 Å². The quantitative estimate of drug-likeness (QED) is 0.874. The fourth-order valence-corrected chi connectivity index (χ4v) is 2.30. The van der Waals surface area contributed by atoms with Gasteiger partial charge in [-0.15, -0.1) is 0 Å². The Labute approximate surface area is 116 Å². The Morgan fingerprint density at radius 3 is 2.70 bits per heavy atom. The van der Waals surface area contributed by atoms with Gasteiger partial charge < -0.3 is 19.5 Å². The molecule has 1 aliphatic rings.